The van der Waals surface area contributed by atoms with Gasteiger partial charge in [-0.2, -0.15) is 0 Å². The van der Waals surface area contributed by atoms with Crippen molar-refractivity contribution in [1.29, 1.82) is 0 Å². The van der Waals surface area contributed by atoms with Crippen LogP contribution in [0.4, 0.5) is 9.59 Å². The number of likely N-dealkylation sites (tertiary alicyclic amines) is 1. The summed E-state index contributed by atoms with van der Waals surface area (Å²) in [6, 6.07) is 0.805. The van der Waals surface area contributed by atoms with E-state index in [2.05, 4.69) is 4.90 Å². The topological polar surface area (TPSA) is 62.3 Å². The molecule has 25 heavy (non-hydrogen) atoms. The van der Waals surface area contributed by atoms with E-state index in [9.17, 15) is 9.59 Å². The molecule has 3 saturated heterocycles. The Morgan fingerprint density at radius 2 is 1.80 bits per heavy atom. The van der Waals surface area contributed by atoms with Crippen molar-refractivity contribution in [2.75, 3.05) is 39.3 Å². The Hall–Kier alpha value is -1.50. The molecule has 0 spiro atoms. The van der Waals surface area contributed by atoms with E-state index in [4.69, 9.17) is 9.47 Å². The van der Waals surface area contributed by atoms with Gasteiger partial charge in [-0.1, -0.05) is 0 Å². The fraction of sp³-hybridized carbons (Fsp3) is 0.889. The molecule has 0 aromatic rings. The van der Waals surface area contributed by atoms with Gasteiger partial charge in [-0.3, -0.25) is 4.90 Å². The molecule has 3 aliphatic heterocycles. The van der Waals surface area contributed by atoms with E-state index in [1.165, 1.54) is 6.42 Å². The third-order valence-corrected chi connectivity index (χ3v) is 5.94. The van der Waals surface area contributed by atoms with Crippen LogP contribution in [0, 0.1) is 5.92 Å². The van der Waals surface area contributed by atoms with Gasteiger partial charge >= 0.3 is 12.2 Å². The molecule has 0 aromatic carbocycles. The molecule has 1 aliphatic carbocycles. The van der Waals surface area contributed by atoms with Crippen molar-refractivity contribution < 1.29 is 19.1 Å². The minimum Gasteiger partial charge on any atom is -0.450 e. The second-order valence-electron chi connectivity index (χ2n) is 7.28. The van der Waals surface area contributed by atoms with Gasteiger partial charge in [0, 0.05) is 44.8 Å². The molecule has 4 rings (SSSR count). The highest BCUT2D eigenvalue weighted by molar-refractivity contribution is 5.68. The van der Waals surface area contributed by atoms with Gasteiger partial charge in [0.2, 0.25) is 0 Å². The van der Waals surface area contributed by atoms with Crippen molar-refractivity contribution in [3.8, 4) is 0 Å². The first-order valence-corrected chi connectivity index (χ1v) is 9.70. The lowest BCUT2D eigenvalue weighted by Gasteiger charge is -2.55. The number of ether oxygens (including phenoxy) is 2. The zero-order valence-electron chi connectivity index (χ0n) is 15.6. The van der Waals surface area contributed by atoms with Crippen LogP contribution in [0.1, 0.15) is 40.0 Å². The molecule has 4 aliphatic rings. The quantitative estimate of drug-likeness (QED) is 0.758. The minimum absolute atomic E-state index is 0.00899. The predicted molar refractivity (Wildman–Crippen MR) is 93.4 cm³/mol. The van der Waals surface area contributed by atoms with Crippen LogP contribution in [-0.2, 0) is 9.47 Å². The van der Waals surface area contributed by atoms with Crippen molar-refractivity contribution in [2.45, 2.75) is 58.2 Å². The van der Waals surface area contributed by atoms with Crippen molar-refractivity contribution >= 4 is 12.2 Å². The van der Waals surface area contributed by atoms with Crippen LogP contribution in [0.5, 0.6) is 0 Å². The maximum absolute atomic E-state index is 12.1. The molecule has 4 fully saturated rings. The number of rotatable bonds is 5. The zero-order chi connectivity index (χ0) is 18.0. The SMILES string of the molecule is CCOC(=O)N1CC2CCC1CC2N1CC(OC(=O)N(CC)CC)C1. The Labute approximate surface area is 150 Å². The zero-order valence-corrected chi connectivity index (χ0v) is 15.6. The van der Waals surface area contributed by atoms with Crippen LogP contribution < -0.4 is 0 Å². The van der Waals surface area contributed by atoms with E-state index in [1.54, 1.807) is 4.90 Å². The van der Waals surface area contributed by atoms with Crippen LogP contribution in [0.15, 0.2) is 0 Å². The highest BCUT2D eigenvalue weighted by Gasteiger charge is 2.48. The smallest absolute Gasteiger partial charge is 0.410 e. The third-order valence-electron chi connectivity index (χ3n) is 5.94. The monoisotopic (exact) mass is 353 g/mol. The van der Waals surface area contributed by atoms with Crippen molar-refractivity contribution in [3.63, 3.8) is 0 Å². The number of hydrogen-bond acceptors (Lipinski definition) is 5. The summed E-state index contributed by atoms with van der Waals surface area (Å²) in [6.45, 7) is 10.0. The standard InChI is InChI=1S/C18H31N3O4/c1-4-19(5-2)17(22)25-15-11-20(12-15)16-9-14-8-7-13(16)10-21(14)18(23)24-6-3/h13-16H,4-12H2,1-3H3. The molecule has 7 nitrogen and oxygen atoms in total. The van der Waals surface area contributed by atoms with E-state index >= 15 is 0 Å². The summed E-state index contributed by atoms with van der Waals surface area (Å²) in [5, 5.41) is 0. The molecule has 3 heterocycles. The van der Waals surface area contributed by atoms with Crippen LogP contribution in [0.3, 0.4) is 0 Å². The second-order valence-corrected chi connectivity index (χ2v) is 7.28. The Kier molecular flexibility index (Phi) is 5.71. The van der Waals surface area contributed by atoms with Gasteiger partial charge in [0.1, 0.15) is 6.10 Å². The number of hydrogen-bond donors (Lipinski definition) is 0. The summed E-state index contributed by atoms with van der Waals surface area (Å²) in [5.41, 5.74) is 0. The first kappa shape index (κ1) is 18.3. The Morgan fingerprint density at radius 3 is 2.36 bits per heavy atom. The predicted octanol–water partition coefficient (Wildman–Crippen LogP) is 2.16. The van der Waals surface area contributed by atoms with Crippen LogP contribution in [0.2, 0.25) is 0 Å². The maximum atomic E-state index is 12.1. The number of piperidine rings is 2. The van der Waals surface area contributed by atoms with Crippen LogP contribution >= 0.6 is 0 Å². The van der Waals surface area contributed by atoms with Gasteiger partial charge in [0.15, 0.2) is 0 Å². The van der Waals surface area contributed by atoms with Crippen molar-refractivity contribution in [3.05, 3.63) is 0 Å². The largest absolute Gasteiger partial charge is 0.450 e. The van der Waals surface area contributed by atoms with E-state index in [-0.39, 0.29) is 18.3 Å². The van der Waals surface area contributed by atoms with E-state index < -0.39 is 0 Å². The van der Waals surface area contributed by atoms with E-state index in [0.717, 1.165) is 32.5 Å². The molecule has 3 atom stereocenters. The molecule has 142 valence electrons. The number of amides is 2. The summed E-state index contributed by atoms with van der Waals surface area (Å²) in [7, 11) is 0. The first-order valence-electron chi connectivity index (χ1n) is 9.70. The summed E-state index contributed by atoms with van der Waals surface area (Å²) in [5.74, 6) is 0.508. The fourth-order valence-electron chi connectivity index (χ4n) is 4.48. The molecule has 0 aromatic heterocycles. The lowest BCUT2D eigenvalue weighted by atomic mass is 9.74. The molecule has 0 radical (unpaired) electrons. The first-order chi connectivity index (χ1) is 12.1. The van der Waals surface area contributed by atoms with Gasteiger partial charge in [-0.15, -0.1) is 0 Å². The molecule has 7 heteroatoms. The molecular formula is C18H31N3O4. The Morgan fingerprint density at radius 1 is 1.08 bits per heavy atom. The van der Waals surface area contributed by atoms with Gasteiger partial charge in [-0.05, 0) is 46.0 Å². The fourth-order valence-corrected chi connectivity index (χ4v) is 4.48. The number of carbonyl (C=O) groups excluding carboxylic acids is 2. The molecule has 1 saturated carbocycles. The summed E-state index contributed by atoms with van der Waals surface area (Å²) < 4.78 is 10.8. The van der Waals surface area contributed by atoms with Crippen LogP contribution in [-0.4, -0.2) is 84.4 Å². The highest BCUT2D eigenvalue weighted by atomic mass is 16.6. The highest BCUT2D eigenvalue weighted by Crippen LogP contribution is 2.39. The average Bonchev–Trinajstić information content (AvgIpc) is 2.59. The normalized spacial score (nSPS) is 29.2. The average molecular weight is 353 g/mol. The lowest BCUT2D eigenvalue weighted by Crippen LogP contribution is -2.66. The Bertz CT molecular complexity index is 491. The maximum Gasteiger partial charge on any atom is 0.410 e. The summed E-state index contributed by atoms with van der Waals surface area (Å²) >= 11 is 0. The Balaban J connectivity index is 1.47. The summed E-state index contributed by atoms with van der Waals surface area (Å²) in [6.07, 6.45) is 2.91. The second kappa shape index (κ2) is 7.81. The van der Waals surface area contributed by atoms with Crippen molar-refractivity contribution in [1.82, 2.24) is 14.7 Å². The summed E-state index contributed by atoms with van der Waals surface area (Å²) in [4.78, 5) is 30.2. The van der Waals surface area contributed by atoms with Gasteiger partial charge < -0.3 is 19.3 Å². The number of carbonyl (C=O) groups is 2. The van der Waals surface area contributed by atoms with Gasteiger partial charge in [0.25, 0.3) is 0 Å². The molecular weight excluding hydrogens is 322 g/mol. The third kappa shape index (κ3) is 3.71. The van der Waals surface area contributed by atoms with Gasteiger partial charge in [-0.25, -0.2) is 9.59 Å². The number of fused-ring (bicyclic) bond motifs is 3. The minimum atomic E-state index is -0.201. The van der Waals surface area contributed by atoms with E-state index in [1.807, 2.05) is 25.7 Å². The van der Waals surface area contributed by atoms with E-state index in [0.29, 0.717) is 37.7 Å². The number of nitrogens with zero attached hydrogens (tertiary/aromatic N) is 3. The van der Waals surface area contributed by atoms with Crippen LogP contribution in [0.25, 0.3) is 0 Å². The van der Waals surface area contributed by atoms with Gasteiger partial charge in [0.05, 0.1) is 6.61 Å². The molecule has 2 bridgehead atoms. The molecule has 3 unspecified atom stereocenters. The van der Waals surface area contributed by atoms with Crippen molar-refractivity contribution in [2.24, 2.45) is 5.92 Å². The molecule has 0 N–H and O–H groups in total. The molecule has 2 amide bonds. The lowest BCUT2D eigenvalue weighted by molar-refractivity contribution is -0.0926.